The average Bonchev–Trinajstić information content (AvgIpc) is 2.29. The van der Waals surface area contributed by atoms with Crippen molar-refractivity contribution in [3.8, 4) is 0 Å². The van der Waals surface area contributed by atoms with Crippen LogP contribution in [-0.2, 0) is 6.54 Å². The molecule has 0 aliphatic carbocycles. The van der Waals surface area contributed by atoms with Crippen LogP contribution in [0.3, 0.4) is 0 Å². The van der Waals surface area contributed by atoms with Gasteiger partial charge in [0.1, 0.15) is 6.33 Å². The molecule has 0 aliphatic heterocycles. The van der Waals surface area contributed by atoms with E-state index in [0.29, 0.717) is 19.5 Å². The second kappa shape index (κ2) is 5.69. The maximum absolute atomic E-state index is 11.2. The molecule has 1 rings (SSSR count). The van der Waals surface area contributed by atoms with E-state index in [0.717, 1.165) is 0 Å². The van der Waals surface area contributed by atoms with E-state index in [9.17, 15) is 14.4 Å². The van der Waals surface area contributed by atoms with Crippen LogP contribution in [-0.4, -0.2) is 34.4 Å². The van der Waals surface area contributed by atoms with E-state index < -0.39 is 11.1 Å². The maximum atomic E-state index is 11.2. The molecule has 0 radical (unpaired) electrons. The number of amides is 2. The number of hydrogen-bond acceptors (Lipinski definition) is 4. The number of nitrogens with zero attached hydrogens (tertiary/aromatic N) is 2. The number of nitrogens with one attached hydrogen (secondary N) is 3. The van der Waals surface area contributed by atoms with Crippen molar-refractivity contribution in [3.63, 3.8) is 0 Å². The summed E-state index contributed by atoms with van der Waals surface area (Å²) in [5.74, 6) is 0. The first-order valence-corrected chi connectivity index (χ1v) is 4.75. The summed E-state index contributed by atoms with van der Waals surface area (Å²) in [6.45, 7) is 0.749. The number of rotatable bonds is 4. The van der Waals surface area contributed by atoms with Gasteiger partial charge in [-0.15, -0.1) is 0 Å². The first kappa shape index (κ1) is 12.0. The third-order valence-electron chi connectivity index (χ3n) is 1.91. The Hall–Kier alpha value is -2.12. The molecule has 16 heavy (non-hydrogen) atoms. The van der Waals surface area contributed by atoms with Crippen molar-refractivity contribution >= 4 is 6.03 Å². The van der Waals surface area contributed by atoms with Crippen molar-refractivity contribution < 1.29 is 4.79 Å². The molecule has 0 fully saturated rings. The zero-order chi connectivity index (χ0) is 12.0. The van der Waals surface area contributed by atoms with Gasteiger partial charge in [-0.1, -0.05) is 0 Å². The van der Waals surface area contributed by atoms with Gasteiger partial charge in [0.05, 0.1) is 0 Å². The second-order valence-electron chi connectivity index (χ2n) is 3.04. The zero-order valence-corrected chi connectivity index (χ0v) is 8.82. The molecule has 8 heteroatoms. The van der Waals surface area contributed by atoms with E-state index in [1.165, 1.54) is 17.9 Å². The van der Waals surface area contributed by atoms with Crippen LogP contribution in [0.2, 0.25) is 0 Å². The Morgan fingerprint density at radius 1 is 1.56 bits per heavy atom. The number of hydrogen-bond donors (Lipinski definition) is 3. The highest BCUT2D eigenvalue weighted by atomic mass is 16.2. The number of aryl methyl sites for hydroxylation is 1. The van der Waals surface area contributed by atoms with E-state index in [4.69, 9.17) is 0 Å². The Kier molecular flexibility index (Phi) is 4.25. The Bertz CT molecular complexity index is 463. The molecule has 1 heterocycles. The summed E-state index contributed by atoms with van der Waals surface area (Å²) < 4.78 is 1.20. The molecule has 88 valence electrons. The van der Waals surface area contributed by atoms with Gasteiger partial charge in [0.2, 0.25) is 0 Å². The van der Waals surface area contributed by atoms with Crippen molar-refractivity contribution in [2.45, 2.75) is 13.0 Å². The number of carbonyl (C=O) groups is 1. The summed E-state index contributed by atoms with van der Waals surface area (Å²) in [6, 6.07) is -0.281. The minimum atomic E-state index is -0.748. The van der Waals surface area contributed by atoms with Crippen molar-refractivity contribution in [1.82, 2.24) is 25.4 Å². The molecule has 0 saturated carbocycles. The van der Waals surface area contributed by atoms with Gasteiger partial charge in [-0.3, -0.25) is 14.2 Å². The van der Waals surface area contributed by atoms with Crippen molar-refractivity contribution in [3.05, 3.63) is 27.0 Å². The van der Waals surface area contributed by atoms with Crippen LogP contribution in [0.1, 0.15) is 6.42 Å². The summed E-state index contributed by atoms with van der Waals surface area (Å²) in [5, 5.41) is 10.5. The third kappa shape index (κ3) is 3.23. The lowest BCUT2D eigenvalue weighted by Gasteiger charge is -2.05. The average molecular weight is 227 g/mol. The summed E-state index contributed by atoms with van der Waals surface area (Å²) in [5.41, 5.74) is -1.39. The number of aromatic amines is 1. The van der Waals surface area contributed by atoms with Gasteiger partial charge in [-0.2, -0.15) is 5.10 Å². The first-order valence-electron chi connectivity index (χ1n) is 4.75. The van der Waals surface area contributed by atoms with Crippen LogP contribution in [0.25, 0.3) is 0 Å². The first-order chi connectivity index (χ1) is 7.65. The van der Waals surface area contributed by atoms with Crippen LogP contribution in [0.4, 0.5) is 4.79 Å². The Balaban J connectivity index is 2.44. The van der Waals surface area contributed by atoms with E-state index in [1.54, 1.807) is 0 Å². The number of carbonyl (C=O) groups excluding carboxylic acids is 1. The molecule has 3 N–H and O–H groups in total. The molecule has 0 bridgehead atoms. The quantitative estimate of drug-likeness (QED) is 0.418. The Morgan fingerprint density at radius 2 is 2.31 bits per heavy atom. The van der Waals surface area contributed by atoms with Gasteiger partial charge in [0.25, 0.3) is 0 Å². The van der Waals surface area contributed by atoms with Gasteiger partial charge in [-0.05, 0) is 6.42 Å². The lowest BCUT2D eigenvalue weighted by Crippen LogP contribution is -2.38. The molecule has 0 atom stereocenters. The summed E-state index contributed by atoms with van der Waals surface area (Å²) in [7, 11) is 1.51. The molecule has 0 saturated heterocycles. The monoisotopic (exact) mass is 227 g/mol. The molecule has 0 spiro atoms. The van der Waals surface area contributed by atoms with E-state index >= 15 is 0 Å². The Morgan fingerprint density at radius 3 is 3.00 bits per heavy atom. The molecular weight excluding hydrogens is 214 g/mol. The van der Waals surface area contributed by atoms with Gasteiger partial charge < -0.3 is 10.6 Å². The molecule has 0 aliphatic rings. The predicted octanol–water partition coefficient (Wildman–Crippen LogP) is -1.75. The highest BCUT2D eigenvalue weighted by molar-refractivity contribution is 5.73. The van der Waals surface area contributed by atoms with Gasteiger partial charge in [0.15, 0.2) is 0 Å². The molecular formula is C8H13N5O3. The van der Waals surface area contributed by atoms with Crippen LogP contribution < -0.4 is 21.8 Å². The van der Waals surface area contributed by atoms with E-state index in [2.05, 4.69) is 15.7 Å². The minimum absolute atomic E-state index is 0.281. The second-order valence-corrected chi connectivity index (χ2v) is 3.04. The molecule has 0 unspecified atom stereocenters. The highest BCUT2D eigenvalue weighted by Crippen LogP contribution is 1.81. The topological polar surface area (TPSA) is 109 Å². The van der Waals surface area contributed by atoms with E-state index in [1.807, 2.05) is 5.10 Å². The van der Waals surface area contributed by atoms with Gasteiger partial charge in [0, 0.05) is 20.1 Å². The molecule has 1 aromatic rings. The van der Waals surface area contributed by atoms with Crippen molar-refractivity contribution in [2.24, 2.45) is 0 Å². The van der Waals surface area contributed by atoms with E-state index in [-0.39, 0.29) is 6.03 Å². The normalized spacial score (nSPS) is 9.81. The molecule has 0 aromatic carbocycles. The summed E-state index contributed by atoms with van der Waals surface area (Å²) in [6.07, 6.45) is 1.79. The zero-order valence-electron chi connectivity index (χ0n) is 8.82. The van der Waals surface area contributed by atoms with Crippen LogP contribution in [0.15, 0.2) is 15.9 Å². The SMILES string of the molecule is CNC(=O)NCCCn1cn[nH]c(=O)c1=O. The van der Waals surface area contributed by atoms with Crippen LogP contribution in [0, 0.1) is 0 Å². The summed E-state index contributed by atoms with van der Waals surface area (Å²) >= 11 is 0. The predicted molar refractivity (Wildman–Crippen MR) is 56.2 cm³/mol. The lowest BCUT2D eigenvalue weighted by atomic mass is 10.4. The highest BCUT2D eigenvalue weighted by Gasteiger charge is 2.00. The minimum Gasteiger partial charge on any atom is -0.341 e. The van der Waals surface area contributed by atoms with Crippen LogP contribution >= 0.6 is 0 Å². The van der Waals surface area contributed by atoms with Gasteiger partial charge in [-0.25, -0.2) is 9.89 Å². The fraction of sp³-hybridized carbons (Fsp3) is 0.500. The fourth-order valence-electron chi connectivity index (χ4n) is 1.09. The fourth-order valence-corrected chi connectivity index (χ4v) is 1.09. The largest absolute Gasteiger partial charge is 0.341 e. The third-order valence-corrected chi connectivity index (χ3v) is 1.91. The number of aromatic nitrogens is 3. The maximum Gasteiger partial charge on any atom is 0.330 e. The standard InChI is InChI=1S/C8H13N5O3/c1-9-8(16)10-3-2-4-13-5-11-12-6(14)7(13)15/h5H,2-4H2,1H3,(H,12,14)(H2,9,10,16). The van der Waals surface area contributed by atoms with Crippen LogP contribution in [0.5, 0.6) is 0 Å². The molecule has 8 nitrogen and oxygen atoms in total. The lowest BCUT2D eigenvalue weighted by molar-refractivity contribution is 0.242. The molecule has 1 aromatic heterocycles. The Labute approximate surface area is 90.7 Å². The summed E-state index contributed by atoms with van der Waals surface area (Å²) in [4.78, 5) is 32.9. The number of H-pyrrole nitrogens is 1. The molecule has 2 amide bonds. The number of urea groups is 1. The van der Waals surface area contributed by atoms with Gasteiger partial charge >= 0.3 is 17.1 Å². The smallest absolute Gasteiger partial charge is 0.330 e. The van der Waals surface area contributed by atoms with Crippen molar-refractivity contribution in [1.29, 1.82) is 0 Å². The van der Waals surface area contributed by atoms with Crippen molar-refractivity contribution in [2.75, 3.05) is 13.6 Å².